The lowest BCUT2D eigenvalue weighted by Crippen LogP contribution is -2.51. The molecule has 5 heteroatoms. The van der Waals surface area contributed by atoms with Gasteiger partial charge >= 0.3 is 12.0 Å². The van der Waals surface area contributed by atoms with E-state index in [1.165, 1.54) is 0 Å². The van der Waals surface area contributed by atoms with Crippen LogP contribution in [-0.2, 0) is 4.79 Å². The summed E-state index contributed by atoms with van der Waals surface area (Å²) in [6.45, 7) is 10.8. The van der Waals surface area contributed by atoms with E-state index in [4.69, 9.17) is 5.11 Å². The van der Waals surface area contributed by atoms with Crippen LogP contribution in [0.5, 0.6) is 0 Å². The van der Waals surface area contributed by atoms with Crippen LogP contribution in [0.25, 0.3) is 0 Å². The first-order chi connectivity index (χ1) is 9.75. The van der Waals surface area contributed by atoms with E-state index in [-0.39, 0.29) is 17.5 Å². The highest BCUT2D eigenvalue weighted by Crippen LogP contribution is 2.28. The standard InChI is InChI=1S/C16H28N2O3/c1-5-10-18(16(2,3)4)15(21)17-11-12-6-8-13(9-7-12)14(19)20/h5,12-13H,1,6-11H2,2-4H3,(H,17,21)(H,19,20). The van der Waals surface area contributed by atoms with Crippen molar-refractivity contribution < 1.29 is 14.7 Å². The monoisotopic (exact) mass is 296 g/mol. The molecule has 5 nitrogen and oxygen atoms in total. The maximum Gasteiger partial charge on any atom is 0.318 e. The number of nitrogens with zero attached hydrogens (tertiary/aromatic N) is 1. The van der Waals surface area contributed by atoms with Gasteiger partial charge in [-0.25, -0.2) is 4.79 Å². The number of carbonyl (C=O) groups excluding carboxylic acids is 1. The Hall–Kier alpha value is -1.52. The topological polar surface area (TPSA) is 69.6 Å². The zero-order chi connectivity index (χ0) is 16.0. The molecule has 0 bridgehead atoms. The van der Waals surface area contributed by atoms with E-state index in [0.717, 1.165) is 12.8 Å². The number of carbonyl (C=O) groups is 2. The van der Waals surface area contributed by atoms with Crippen molar-refractivity contribution in [1.29, 1.82) is 0 Å². The number of carboxylic acid groups (broad SMARTS) is 1. The molecule has 0 aromatic heterocycles. The Labute approximate surface area is 127 Å². The largest absolute Gasteiger partial charge is 0.481 e. The summed E-state index contributed by atoms with van der Waals surface area (Å²) in [6, 6.07) is -0.0808. The summed E-state index contributed by atoms with van der Waals surface area (Å²) in [4.78, 5) is 24.9. The molecule has 0 aliphatic heterocycles. The fraction of sp³-hybridized carbons (Fsp3) is 0.750. The molecule has 0 spiro atoms. The number of hydrogen-bond acceptors (Lipinski definition) is 2. The Morgan fingerprint density at radius 2 is 1.86 bits per heavy atom. The average Bonchev–Trinajstić information content (AvgIpc) is 2.41. The molecule has 0 unspecified atom stereocenters. The quantitative estimate of drug-likeness (QED) is 0.766. The number of hydrogen-bond donors (Lipinski definition) is 2. The molecule has 0 heterocycles. The average molecular weight is 296 g/mol. The van der Waals surface area contributed by atoms with Crippen molar-refractivity contribution >= 4 is 12.0 Å². The van der Waals surface area contributed by atoms with Crippen LogP contribution in [0.15, 0.2) is 12.7 Å². The molecule has 2 amide bonds. The minimum Gasteiger partial charge on any atom is -0.481 e. The Morgan fingerprint density at radius 1 is 1.29 bits per heavy atom. The summed E-state index contributed by atoms with van der Waals surface area (Å²) < 4.78 is 0. The van der Waals surface area contributed by atoms with E-state index in [2.05, 4.69) is 11.9 Å². The second-order valence-corrected chi connectivity index (χ2v) is 6.81. The first-order valence-corrected chi connectivity index (χ1v) is 7.65. The van der Waals surface area contributed by atoms with Gasteiger partial charge in [0.2, 0.25) is 0 Å². The summed E-state index contributed by atoms with van der Waals surface area (Å²) >= 11 is 0. The van der Waals surface area contributed by atoms with Crippen LogP contribution in [0.1, 0.15) is 46.5 Å². The Balaban J connectivity index is 2.42. The van der Waals surface area contributed by atoms with E-state index in [1.807, 2.05) is 20.8 Å². The Bertz CT molecular complexity index is 379. The normalized spacial score (nSPS) is 22.4. The van der Waals surface area contributed by atoms with Gasteiger partial charge in [-0.3, -0.25) is 4.79 Å². The molecule has 2 N–H and O–H groups in total. The molecule has 0 radical (unpaired) electrons. The lowest BCUT2D eigenvalue weighted by Gasteiger charge is -2.35. The van der Waals surface area contributed by atoms with Gasteiger partial charge < -0.3 is 15.3 Å². The van der Waals surface area contributed by atoms with Crippen LogP contribution in [0.2, 0.25) is 0 Å². The molecular formula is C16H28N2O3. The first kappa shape index (κ1) is 17.5. The highest BCUT2D eigenvalue weighted by Gasteiger charge is 2.28. The van der Waals surface area contributed by atoms with Gasteiger partial charge in [0.05, 0.1) is 5.92 Å². The molecule has 0 atom stereocenters. The number of carboxylic acids is 1. The van der Waals surface area contributed by atoms with Crippen LogP contribution in [0.4, 0.5) is 4.79 Å². The molecule has 1 rings (SSSR count). The van der Waals surface area contributed by atoms with Crippen molar-refractivity contribution in [2.45, 2.75) is 52.0 Å². The van der Waals surface area contributed by atoms with Crippen molar-refractivity contribution in [2.24, 2.45) is 11.8 Å². The molecule has 0 saturated heterocycles. The van der Waals surface area contributed by atoms with Crippen molar-refractivity contribution in [3.63, 3.8) is 0 Å². The summed E-state index contributed by atoms with van der Waals surface area (Å²) in [6.07, 6.45) is 4.89. The van der Waals surface area contributed by atoms with E-state index < -0.39 is 5.97 Å². The fourth-order valence-corrected chi connectivity index (χ4v) is 2.73. The van der Waals surface area contributed by atoms with Gasteiger partial charge in [-0.05, 0) is 52.4 Å². The Morgan fingerprint density at radius 3 is 2.29 bits per heavy atom. The van der Waals surface area contributed by atoms with Crippen molar-refractivity contribution in [2.75, 3.05) is 13.1 Å². The van der Waals surface area contributed by atoms with E-state index in [9.17, 15) is 9.59 Å². The molecule has 1 aliphatic rings. The fourth-order valence-electron chi connectivity index (χ4n) is 2.73. The van der Waals surface area contributed by atoms with Gasteiger partial charge in [-0.15, -0.1) is 6.58 Å². The molecule has 0 aromatic carbocycles. The van der Waals surface area contributed by atoms with Gasteiger partial charge in [0.1, 0.15) is 0 Å². The van der Waals surface area contributed by atoms with Gasteiger partial charge in [0, 0.05) is 18.6 Å². The zero-order valence-corrected chi connectivity index (χ0v) is 13.4. The van der Waals surface area contributed by atoms with Crippen molar-refractivity contribution in [1.82, 2.24) is 10.2 Å². The van der Waals surface area contributed by atoms with Crippen LogP contribution in [0.3, 0.4) is 0 Å². The zero-order valence-electron chi connectivity index (χ0n) is 13.4. The molecule has 120 valence electrons. The third-order valence-electron chi connectivity index (χ3n) is 4.10. The Kier molecular flexibility index (Phi) is 6.24. The van der Waals surface area contributed by atoms with Crippen LogP contribution in [-0.4, -0.2) is 40.6 Å². The third-order valence-corrected chi connectivity index (χ3v) is 4.10. The van der Waals surface area contributed by atoms with Crippen molar-refractivity contribution in [3.8, 4) is 0 Å². The maximum absolute atomic E-state index is 12.3. The number of nitrogens with one attached hydrogen (secondary N) is 1. The number of urea groups is 1. The lowest BCUT2D eigenvalue weighted by atomic mass is 9.82. The summed E-state index contributed by atoms with van der Waals surface area (Å²) in [5, 5.41) is 12.0. The van der Waals surface area contributed by atoms with Crippen LogP contribution in [0, 0.1) is 11.8 Å². The third kappa shape index (κ3) is 5.40. The highest BCUT2D eigenvalue weighted by atomic mass is 16.4. The van der Waals surface area contributed by atoms with Crippen LogP contribution < -0.4 is 5.32 Å². The summed E-state index contributed by atoms with van der Waals surface area (Å²) in [7, 11) is 0. The van der Waals surface area contributed by atoms with Gasteiger partial charge in [0.15, 0.2) is 0 Å². The second kappa shape index (κ2) is 7.48. The van der Waals surface area contributed by atoms with Crippen molar-refractivity contribution in [3.05, 3.63) is 12.7 Å². The number of amides is 2. The van der Waals surface area contributed by atoms with E-state index in [1.54, 1.807) is 11.0 Å². The maximum atomic E-state index is 12.3. The van der Waals surface area contributed by atoms with E-state index >= 15 is 0 Å². The van der Waals surface area contributed by atoms with Gasteiger partial charge in [-0.1, -0.05) is 6.08 Å². The molecular weight excluding hydrogens is 268 g/mol. The van der Waals surface area contributed by atoms with Gasteiger partial charge in [0.25, 0.3) is 0 Å². The molecule has 0 aromatic rings. The minimum atomic E-state index is -0.692. The first-order valence-electron chi connectivity index (χ1n) is 7.65. The molecule has 1 aliphatic carbocycles. The summed E-state index contributed by atoms with van der Waals surface area (Å²) in [5.74, 6) is -0.513. The summed E-state index contributed by atoms with van der Waals surface area (Å²) in [5.41, 5.74) is -0.251. The predicted molar refractivity (Wildman–Crippen MR) is 83.1 cm³/mol. The SMILES string of the molecule is C=CCN(C(=O)NCC1CCC(C(=O)O)CC1)C(C)(C)C. The minimum absolute atomic E-state index is 0.0808. The lowest BCUT2D eigenvalue weighted by molar-refractivity contribution is -0.143. The molecule has 21 heavy (non-hydrogen) atoms. The molecule has 1 saturated carbocycles. The number of rotatable bonds is 5. The van der Waals surface area contributed by atoms with E-state index in [0.29, 0.717) is 31.8 Å². The smallest absolute Gasteiger partial charge is 0.318 e. The predicted octanol–water partition coefficient (Wildman–Crippen LogP) is 2.87. The molecule has 1 fully saturated rings. The second-order valence-electron chi connectivity index (χ2n) is 6.81. The van der Waals surface area contributed by atoms with Gasteiger partial charge in [-0.2, -0.15) is 0 Å². The highest BCUT2D eigenvalue weighted by molar-refractivity contribution is 5.75. The number of aliphatic carboxylic acids is 1. The van der Waals surface area contributed by atoms with Crippen LogP contribution >= 0.6 is 0 Å².